The predicted molar refractivity (Wildman–Crippen MR) is 66.5 cm³/mol. The highest BCUT2D eigenvalue weighted by Crippen LogP contribution is 2.14. The summed E-state index contributed by atoms with van der Waals surface area (Å²) in [7, 11) is 0. The first-order valence-corrected chi connectivity index (χ1v) is 5.32. The second-order valence-electron chi connectivity index (χ2n) is 3.24. The van der Waals surface area contributed by atoms with Crippen molar-refractivity contribution < 1.29 is 4.79 Å². The van der Waals surface area contributed by atoms with Crippen LogP contribution in [0.15, 0.2) is 24.3 Å². The summed E-state index contributed by atoms with van der Waals surface area (Å²) in [5.74, 6) is 2.48. The maximum absolute atomic E-state index is 11.5. The molecule has 84 valence electrons. The molecule has 0 aliphatic carbocycles. The van der Waals surface area contributed by atoms with Crippen LogP contribution in [0, 0.1) is 12.3 Å². The zero-order chi connectivity index (χ0) is 12.0. The van der Waals surface area contributed by atoms with E-state index in [-0.39, 0.29) is 12.1 Å². The Kier molecular flexibility index (Phi) is 4.68. The van der Waals surface area contributed by atoms with Crippen LogP contribution in [0.4, 0.5) is 10.5 Å². The fourth-order valence-electron chi connectivity index (χ4n) is 1.15. The van der Waals surface area contributed by atoms with E-state index in [1.165, 1.54) is 0 Å². The molecule has 2 N–H and O–H groups in total. The number of hydrogen-bond acceptors (Lipinski definition) is 1. The average molecular weight is 237 g/mol. The molecule has 4 heteroatoms. The van der Waals surface area contributed by atoms with Gasteiger partial charge in [-0.05, 0) is 24.6 Å². The van der Waals surface area contributed by atoms with Crippen LogP contribution in [-0.4, -0.2) is 12.1 Å². The normalized spacial score (nSPS) is 11.3. The van der Waals surface area contributed by atoms with Crippen molar-refractivity contribution in [1.29, 1.82) is 0 Å². The highest BCUT2D eigenvalue weighted by atomic mass is 35.5. The third-order valence-electron chi connectivity index (χ3n) is 2.00. The average Bonchev–Trinajstić information content (AvgIpc) is 2.26. The molecule has 0 radical (unpaired) electrons. The van der Waals surface area contributed by atoms with Gasteiger partial charge in [-0.2, -0.15) is 0 Å². The van der Waals surface area contributed by atoms with Crippen molar-refractivity contribution in [1.82, 2.24) is 5.32 Å². The van der Waals surface area contributed by atoms with Gasteiger partial charge in [-0.25, -0.2) is 4.79 Å². The Balaban J connectivity index is 2.55. The molecule has 0 aliphatic heterocycles. The molecular formula is C12H13ClN2O. The van der Waals surface area contributed by atoms with E-state index in [2.05, 4.69) is 16.6 Å². The lowest BCUT2D eigenvalue weighted by Crippen LogP contribution is -2.36. The molecular weight excluding hydrogens is 224 g/mol. The number of anilines is 1. The van der Waals surface area contributed by atoms with Gasteiger partial charge in [-0.1, -0.05) is 30.5 Å². The van der Waals surface area contributed by atoms with Gasteiger partial charge in [0, 0.05) is 10.7 Å². The minimum absolute atomic E-state index is 0.251. The second-order valence-corrected chi connectivity index (χ2v) is 3.67. The lowest BCUT2D eigenvalue weighted by Gasteiger charge is -2.11. The fraction of sp³-hybridized carbons (Fsp3) is 0.250. The molecule has 0 aliphatic rings. The Labute approximate surface area is 100 Å². The van der Waals surface area contributed by atoms with Crippen LogP contribution in [0.25, 0.3) is 0 Å². The summed E-state index contributed by atoms with van der Waals surface area (Å²) < 4.78 is 0. The van der Waals surface area contributed by atoms with Crippen LogP contribution in [0.1, 0.15) is 13.3 Å². The van der Waals surface area contributed by atoms with Crippen molar-refractivity contribution in [3.63, 3.8) is 0 Å². The van der Waals surface area contributed by atoms with Crippen molar-refractivity contribution in [2.24, 2.45) is 0 Å². The molecule has 1 aromatic carbocycles. The Morgan fingerprint density at radius 3 is 2.94 bits per heavy atom. The maximum Gasteiger partial charge on any atom is 0.320 e. The third-order valence-corrected chi connectivity index (χ3v) is 2.23. The largest absolute Gasteiger partial charge is 0.324 e. The van der Waals surface area contributed by atoms with Crippen LogP contribution in [0.5, 0.6) is 0 Å². The highest BCUT2D eigenvalue weighted by molar-refractivity contribution is 6.30. The molecule has 0 saturated carbocycles. The summed E-state index contributed by atoms with van der Waals surface area (Å²) in [6.45, 7) is 1.91. The number of halogens is 1. The van der Waals surface area contributed by atoms with Crippen LogP contribution >= 0.6 is 11.6 Å². The first-order chi connectivity index (χ1) is 7.65. The summed E-state index contributed by atoms with van der Waals surface area (Å²) in [4.78, 5) is 11.5. The van der Waals surface area contributed by atoms with E-state index in [4.69, 9.17) is 18.0 Å². The molecule has 1 rings (SSSR count). The number of benzene rings is 1. The molecule has 1 unspecified atom stereocenters. The van der Waals surface area contributed by atoms with Gasteiger partial charge in [0.05, 0.1) is 6.04 Å². The van der Waals surface area contributed by atoms with E-state index in [1.807, 2.05) is 6.92 Å². The van der Waals surface area contributed by atoms with Crippen LogP contribution in [0.2, 0.25) is 5.02 Å². The fourth-order valence-corrected chi connectivity index (χ4v) is 1.34. The summed E-state index contributed by atoms with van der Waals surface area (Å²) in [6.07, 6.45) is 5.93. The van der Waals surface area contributed by atoms with E-state index in [0.29, 0.717) is 17.1 Å². The van der Waals surface area contributed by atoms with Gasteiger partial charge < -0.3 is 10.6 Å². The molecule has 0 saturated heterocycles. The number of rotatable bonds is 3. The Morgan fingerprint density at radius 2 is 2.38 bits per heavy atom. The first-order valence-electron chi connectivity index (χ1n) is 4.95. The lowest BCUT2D eigenvalue weighted by molar-refractivity contribution is 0.250. The number of amides is 2. The van der Waals surface area contributed by atoms with E-state index < -0.39 is 0 Å². The summed E-state index contributed by atoms with van der Waals surface area (Å²) in [5.41, 5.74) is 0.636. The molecule has 3 nitrogen and oxygen atoms in total. The molecule has 0 aromatic heterocycles. The zero-order valence-electron chi connectivity index (χ0n) is 8.96. The zero-order valence-corrected chi connectivity index (χ0v) is 9.71. The Morgan fingerprint density at radius 1 is 1.62 bits per heavy atom. The molecule has 1 aromatic rings. The minimum Gasteiger partial charge on any atom is -0.324 e. The molecule has 1 atom stereocenters. The highest BCUT2D eigenvalue weighted by Gasteiger charge is 2.06. The number of carbonyl (C=O) groups excluding carboxylic acids is 1. The molecule has 2 amide bonds. The summed E-state index contributed by atoms with van der Waals surface area (Å²) >= 11 is 5.78. The van der Waals surface area contributed by atoms with Crippen molar-refractivity contribution in [2.75, 3.05) is 5.32 Å². The number of urea groups is 1. The summed E-state index contributed by atoms with van der Waals surface area (Å²) in [5, 5.41) is 5.88. The molecule has 16 heavy (non-hydrogen) atoms. The Bertz CT molecular complexity index is 412. The Hall–Kier alpha value is -1.66. The van der Waals surface area contributed by atoms with Crippen molar-refractivity contribution in [3.8, 4) is 12.3 Å². The van der Waals surface area contributed by atoms with Crippen LogP contribution in [-0.2, 0) is 0 Å². The third kappa shape index (κ3) is 3.84. The van der Waals surface area contributed by atoms with Gasteiger partial charge in [-0.3, -0.25) is 0 Å². The van der Waals surface area contributed by atoms with Gasteiger partial charge in [0.1, 0.15) is 0 Å². The number of nitrogens with one attached hydrogen (secondary N) is 2. The maximum atomic E-state index is 11.5. The standard InChI is InChI=1S/C12H13ClN2O/c1-3-10(4-2)14-12(16)15-11-7-5-6-9(13)8-11/h1,5-8,10H,4H2,2H3,(H2,14,15,16). The summed E-state index contributed by atoms with van der Waals surface area (Å²) in [6, 6.07) is 6.34. The van der Waals surface area contributed by atoms with Gasteiger partial charge in [0.15, 0.2) is 0 Å². The molecule has 0 bridgehead atoms. The number of hydrogen-bond donors (Lipinski definition) is 2. The second kappa shape index (κ2) is 6.04. The van der Waals surface area contributed by atoms with Gasteiger partial charge in [-0.15, -0.1) is 6.42 Å². The smallest absolute Gasteiger partial charge is 0.320 e. The molecule has 0 heterocycles. The van der Waals surface area contributed by atoms with E-state index in [1.54, 1.807) is 24.3 Å². The quantitative estimate of drug-likeness (QED) is 0.779. The van der Waals surface area contributed by atoms with E-state index >= 15 is 0 Å². The van der Waals surface area contributed by atoms with E-state index in [9.17, 15) is 4.79 Å². The van der Waals surface area contributed by atoms with E-state index in [0.717, 1.165) is 0 Å². The minimum atomic E-state index is -0.327. The molecule has 0 fully saturated rings. The van der Waals surface area contributed by atoms with Crippen molar-refractivity contribution in [2.45, 2.75) is 19.4 Å². The number of terminal acetylenes is 1. The first kappa shape index (κ1) is 12.4. The lowest BCUT2D eigenvalue weighted by atomic mass is 10.2. The van der Waals surface area contributed by atoms with Gasteiger partial charge >= 0.3 is 6.03 Å². The monoisotopic (exact) mass is 236 g/mol. The topological polar surface area (TPSA) is 41.1 Å². The predicted octanol–water partition coefficient (Wildman–Crippen LogP) is 2.87. The van der Waals surface area contributed by atoms with Crippen molar-refractivity contribution >= 4 is 23.3 Å². The molecule has 0 spiro atoms. The number of carbonyl (C=O) groups is 1. The SMILES string of the molecule is C#CC(CC)NC(=O)Nc1cccc(Cl)c1. The van der Waals surface area contributed by atoms with Crippen LogP contribution < -0.4 is 10.6 Å². The van der Waals surface area contributed by atoms with Crippen LogP contribution in [0.3, 0.4) is 0 Å². The van der Waals surface area contributed by atoms with Gasteiger partial charge in [0.25, 0.3) is 0 Å². The van der Waals surface area contributed by atoms with Crippen molar-refractivity contribution in [3.05, 3.63) is 29.3 Å². The van der Waals surface area contributed by atoms with Gasteiger partial charge in [0.2, 0.25) is 0 Å².